The van der Waals surface area contributed by atoms with Crippen molar-refractivity contribution in [2.45, 2.75) is 19.8 Å². The Bertz CT molecular complexity index is 623. The number of carbonyl (C=O) groups excluding carboxylic acids is 2. The quantitative estimate of drug-likeness (QED) is 0.447. The fraction of sp³-hybridized carbons (Fsp3) is 0.286. The topological polar surface area (TPSA) is 96.6 Å². The minimum absolute atomic E-state index is 0.0297. The van der Waals surface area contributed by atoms with Crippen molar-refractivity contribution in [3.63, 3.8) is 0 Å². The molecular weight excluding hydrogens is 288 g/mol. The first-order valence-electron chi connectivity index (χ1n) is 6.53. The highest BCUT2D eigenvalue weighted by atomic mass is 32.1. The molecule has 0 atom stereocenters. The Morgan fingerprint density at radius 3 is 2.62 bits per heavy atom. The number of benzene rings is 1. The van der Waals surface area contributed by atoms with Crippen LogP contribution in [0.1, 0.15) is 30.1 Å². The molecule has 0 aromatic heterocycles. The van der Waals surface area contributed by atoms with Crippen LogP contribution >= 0.6 is 12.2 Å². The molecule has 0 unspecified atom stereocenters. The number of thiocarbonyl (C=S) groups is 1. The number of amidine groups is 1. The number of nitrogens with one attached hydrogen (secondary N) is 2. The van der Waals surface area contributed by atoms with E-state index in [0.717, 1.165) is 12.8 Å². The molecule has 1 saturated carbocycles. The number of carbonyl (C=O) groups is 2. The van der Waals surface area contributed by atoms with Crippen molar-refractivity contribution < 1.29 is 9.59 Å². The van der Waals surface area contributed by atoms with Crippen LogP contribution in [0.2, 0.25) is 0 Å². The summed E-state index contributed by atoms with van der Waals surface area (Å²) in [5.41, 5.74) is 6.48. The van der Waals surface area contributed by atoms with Crippen LogP contribution in [0.5, 0.6) is 0 Å². The highest BCUT2D eigenvalue weighted by Gasteiger charge is 2.26. The summed E-state index contributed by atoms with van der Waals surface area (Å²) in [4.78, 5) is 27.3. The van der Waals surface area contributed by atoms with Gasteiger partial charge in [0, 0.05) is 12.8 Å². The lowest BCUT2D eigenvalue weighted by Crippen LogP contribution is -2.30. The Labute approximate surface area is 127 Å². The molecule has 0 saturated heterocycles. The minimum Gasteiger partial charge on any atom is -0.387 e. The van der Waals surface area contributed by atoms with Gasteiger partial charge in [0.2, 0.25) is 11.0 Å². The smallest absolute Gasteiger partial charge is 0.259 e. The van der Waals surface area contributed by atoms with E-state index < -0.39 is 5.91 Å². The van der Waals surface area contributed by atoms with Crippen LogP contribution in [0.15, 0.2) is 29.3 Å². The van der Waals surface area contributed by atoms with Crippen molar-refractivity contribution >= 4 is 40.7 Å². The Kier molecular flexibility index (Phi) is 4.64. The number of nitrogens with zero attached hydrogens (tertiary/aromatic N) is 1. The summed E-state index contributed by atoms with van der Waals surface area (Å²) in [6.07, 6.45) is 2.02. The SMILES string of the molecule is CC(=O)Nc1ccccc1C(=O)NC(=S)/N=C(\N)C1CC1. The third-order valence-electron chi connectivity index (χ3n) is 2.93. The minimum atomic E-state index is -0.434. The van der Waals surface area contributed by atoms with E-state index >= 15 is 0 Å². The molecule has 6 nitrogen and oxygen atoms in total. The maximum Gasteiger partial charge on any atom is 0.259 e. The van der Waals surface area contributed by atoms with Gasteiger partial charge < -0.3 is 11.1 Å². The number of para-hydroxylation sites is 1. The van der Waals surface area contributed by atoms with Crippen molar-refractivity contribution in [2.24, 2.45) is 16.6 Å². The second-order valence-electron chi connectivity index (χ2n) is 4.80. The number of hydrogen-bond acceptors (Lipinski definition) is 3. The largest absolute Gasteiger partial charge is 0.387 e. The van der Waals surface area contributed by atoms with Crippen LogP contribution in [0.25, 0.3) is 0 Å². The Balaban J connectivity index is 2.07. The lowest BCUT2D eigenvalue weighted by atomic mass is 10.1. The highest BCUT2D eigenvalue weighted by molar-refractivity contribution is 7.80. The van der Waals surface area contributed by atoms with Crippen molar-refractivity contribution in [2.75, 3.05) is 5.32 Å². The molecular formula is C14H16N4O2S. The monoisotopic (exact) mass is 304 g/mol. The molecule has 110 valence electrons. The summed E-state index contributed by atoms with van der Waals surface area (Å²) in [6.45, 7) is 1.37. The van der Waals surface area contributed by atoms with Crippen molar-refractivity contribution in [3.05, 3.63) is 29.8 Å². The Hall–Kier alpha value is -2.28. The molecule has 1 fully saturated rings. The second kappa shape index (κ2) is 6.45. The Morgan fingerprint density at radius 2 is 2.00 bits per heavy atom. The zero-order valence-corrected chi connectivity index (χ0v) is 12.4. The molecule has 0 spiro atoms. The summed E-state index contributed by atoms with van der Waals surface area (Å²) < 4.78 is 0. The van der Waals surface area contributed by atoms with Crippen LogP contribution in [-0.4, -0.2) is 22.8 Å². The molecule has 1 aliphatic carbocycles. The number of rotatable bonds is 3. The first-order valence-corrected chi connectivity index (χ1v) is 6.94. The van der Waals surface area contributed by atoms with Crippen molar-refractivity contribution in [3.8, 4) is 0 Å². The number of aliphatic imine (C=N–C) groups is 1. The first-order chi connectivity index (χ1) is 9.97. The predicted octanol–water partition coefficient (Wildman–Crippen LogP) is 1.43. The van der Waals surface area contributed by atoms with E-state index in [1.165, 1.54) is 6.92 Å². The zero-order chi connectivity index (χ0) is 15.4. The fourth-order valence-electron chi connectivity index (χ4n) is 1.76. The molecule has 1 aliphatic rings. The van der Waals surface area contributed by atoms with Crippen molar-refractivity contribution in [1.29, 1.82) is 0 Å². The number of anilines is 1. The van der Waals surface area contributed by atoms with Gasteiger partial charge in [0.05, 0.1) is 11.3 Å². The van der Waals surface area contributed by atoms with Gasteiger partial charge in [0.1, 0.15) is 5.84 Å². The van der Waals surface area contributed by atoms with Crippen LogP contribution < -0.4 is 16.4 Å². The first kappa shape index (κ1) is 15.1. The summed E-state index contributed by atoms with van der Waals surface area (Å²) in [5.74, 6) is 0.0486. The maximum atomic E-state index is 12.2. The van der Waals surface area contributed by atoms with Gasteiger partial charge in [0.25, 0.3) is 5.91 Å². The lowest BCUT2D eigenvalue weighted by Gasteiger charge is -2.09. The summed E-state index contributed by atoms with van der Waals surface area (Å²) >= 11 is 5.00. The highest BCUT2D eigenvalue weighted by Crippen LogP contribution is 2.28. The van der Waals surface area contributed by atoms with Gasteiger partial charge in [-0.1, -0.05) is 12.1 Å². The summed E-state index contributed by atoms with van der Waals surface area (Å²) in [7, 11) is 0. The van der Waals surface area contributed by atoms with Gasteiger partial charge in [-0.3, -0.25) is 14.9 Å². The van der Waals surface area contributed by atoms with E-state index in [1.54, 1.807) is 24.3 Å². The molecule has 4 N–H and O–H groups in total. The van der Waals surface area contributed by atoms with Gasteiger partial charge in [-0.25, -0.2) is 4.99 Å². The standard InChI is InChI=1S/C14H16N4O2S/c1-8(19)16-11-5-3-2-4-10(11)13(20)18-14(21)17-12(15)9-6-7-9/h2-5,9H,6-7H2,1H3,(H,16,19)(H3,15,17,18,20,21). The van der Waals surface area contributed by atoms with Gasteiger partial charge in [0.15, 0.2) is 0 Å². The molecule has 0 bridgehead atoms. The molecule has 1 aromatic carbocycles. The van der Waals surface area contributed by atoms with Gasteiger partial charge in [-0.15, -0.1) is 0 Å². The predicted molar refractivity (Wildman–Crippen MR) is 85.2 cm³/mol. The number of amides is 2. The van der Waals surface area contributed by atoms with E-state index in [1.807, 2.05) is 0 Å². The summed E-state index contributed by atoms with van der Waals surface area (Å²) in [6, 6.07) is 6.66. The molecule has 0 aliphatic heterocycles. The molecule has 0 radical (unpaired) electrons. The molecule has 7 heteroatoms. The third kappa shape index (κ3) is 4.35. The van der Waals surface area contributed by atoms with E-state index in [-0.39, 0.29) is 16.9 Å². The average molecular weight is 304 g/mol. The lowest BCUT2D eigenvalue weighted by molar-refractivity contribution is -0.114. The molecule has 21 heavy (non-hydrogen) atoms. The van der Waals surface area contributed by atoms with Crippen LogP contribution in [-0.2, 0) is 4.79 Å². The zero-order valence-electron chi connectivity index (χ0n) is 11.6. The van der Waals surface area contributed by atoms with Gasteiger partial charge in [-0.2, -0.15) is 0 Å². The Morgan fingerprint density at radius 1 is 1.33 bits per heavy atom. The van der Waals surface area contributed by atoms with E-state index in [4.69, 9.17) is 18.0 Å². The average Bonchev–Trinajstić information content (AvgIpc) is 3.22. The maximum absolute atomic E-state index is 12.2. The number of hydrogen-bond donors (Lipinski definition) is 3. The molecule has 2 amide bonds. The fourth-order valence-corrected chi connectivity index (χ4v) is 1.96. The third-order valence-corrected chi connectivity index (χ3v) is 3.12. The van der Waals surface area contributed by atoms with E-state index in [9.17, 15) is 9.59 Å². The van der Waals surface area contributed by atoms with E-state index in [2.05, 4.69) is 15.6 Å². The normalized spacial score (nSPS) is 14.4. The van der Waals surface area contributed by atoms with Gasteiger partial charge in [-0.05, 0) is 37.2 Å². The van der Waals surface area contributed by atoms with Crippen LogP contribution in [0.4, 0.5) is 5.69 Å². The second-order valence-corrected chi connectivity index (χ2v) is 5.18. The van der Waals surface area contributed by atoms with Crippen LogP contribution in [0.3, 0.4) is 0 Å². The van der Waals surface area contributed by atoms with Crippen molar-refractivity contribution in [1.82, 2.24) is 5.32 Å². The molecule has 2 rings (SSSR count). The van der Waals surface area contributed by atoms with Crippen LogP contribution in [0, 0.1) is 5.92 Å². The molecule has 0 heterocycles. The van der Waals surface area contributed by atoms with Gasteiger partial charge >= 0.3 is 0 Å². The number of nitrogens with two attached hydrogens (primary N) is 1. The molecule has 1 aromatic rings. The van der Waals surface area contributed by atoms with E-state index in [0.29, 0.717) is 17.1 Å². The summed E-state index contributed by atoms with van der Waals surface area (Å²) in [5, 5.41) is 5.12.